The predicted molar refractivity (Wildman–Crippen MR) is 102 cm³/mol. The van der Waals surface area contributed by atoms with Crippen LogP contribution in [0.5, 0.6) is 5.75 Å². The molecule has 1 aromatic heterocycles. The summed E-state index contributed by atoms with van der Waals surface area (Å²) in [6.45, 7) is 6.27. The van der Waals surface area contributed by atoms with Crippen LogP contribution in [0.25, 0.3) is 0 Å². The third kappa shape index (κ3) is 5.44. The van der Waals surface area contributed by atoms with Crippen molar-refractivity contribution in [3.63, 3.8) is 0 Å². The second-order valence-electron chi connectivity index (χ2n) is 6.57. The standard InChI is InChI=1S/C18H25N5O2.ClH/c1-13-4-3-5-16(10-13)25-12-14(2)20-18(24)17-11-23(22-21-17)15-6-8-19-9-7-15;/h3-5,10-11,14-15,19H,6-9,12H2,1-2H3,(H,20,24);1H. The van der Waals surface area contributed by atoms with Gasteiger partial charge in [-0.2, -0.15) is 0 Å². The van der Waals surface area contributed by atoms with Gasteiger partial charge in [-0.15, -0.1) is 17.5 Å². The number of rotatable bonds is 6. The van der Waals surface area contributed by atoms with Crippen molar-refractivity contribution in [1.29, 1.82) is 0 Å². The lowest BCUT2D eigenvalue weighted by atomic mass is 10.1. The van der Waals surface area contributed by atoms with Gasteiger partial charge in [-0.05, 0) is 57.5 Å². The van der Waals surface area contributed by atoms with Crippen LogP contribution in [-0.4, -0.2) is 46.6 Å². The molecule has 2 N–H and O–H groups in total. The molecule has 1 amide bonds. The lowest BCUT2D eigenvalue weighted by molar-refractivity contribution is 0.0921. The third-order valence-electron chi connectivity index (χ3n) is 4.29. The molecule has 1 aliphatic rings. The normalized spacial score (nSPS) is 15.8. The molecular weight excluding hydrogens is 354 g/mol. The maximum absolute atomic E-state index is 12.3. The van der Waals surface area contributed by atoms with E-state index in [-0.39, 0.29) is 24.4 Å². The van der Waals surface area contributed by atoms with Crippen molar-refractivity contribution >= 4 is 18.3 Å². The minimum Gasteiger partial charge on any atom is -0.491 e. The minimum atomic E-state index is -0.222. The number of piperidine rings is 1. The first kappa shape index (κ1) is 20.2. The van der Waals surface area contributed by atoms with Crippen LogP contribution >= 0.6 is 12.4 Å². The molecule has 0 radical (unpaired) electrons. The summed E-state index contributed by atoms with van der Waals surface area (Å²) in [4.78, 5) is 12.3. The maximum Gasteiger partial charge on any atom is 0.273 e. The van der Waals surface area contributed by atoms with Gasteiger partial charge in [0.2, 0.25) is 0 Å². The molecule has 0 saturated carbocycles. The Balaban J connectivity index is 0.00000243. The van der Waals surface area contributed by atoms with E-state index in [1.54, 1.807) is 6.20 Å². The summed E-state index contributed by atoms with van der Waals surface area (Å²) in [6.07, 6.45) is 3.75. The van der Waals surface area contributed by atoms with Crippen LogP contribution in [0.2, 0.25) is 0 Å². The van der Waals surface area contributed by atoms with Crippen LogP contribution in [0.15, 0.2) is 30.5 Å². The number of amides is 1. The number of ether oxygens (including phenoxy) is 1. The molecule has 1 atom stereocenters. The van der Waals surface area contributed by atoms with E-state index >= 15 is 0 Å². The molecule has 3 rings (SSSR count). The fourth-order valence-electron chi connectivity index (χ4n) is 2.90. The number of carbonyl (C=O) groups is 1. The zero-order valence-electron chi connectivity index (χ0n) is 15.1. The third-order valence-corrected chi connectivity index (χ3v) is 4.29. The smallest absolute Gasteiger partial charge is 0.273 e. The van der Waals surface area contributed by atoms with E-state index in [0.29, 0.717) is 18.3 Å². The Morgan fingerprint density at radius 1 is 1.42 bits per heavy atom. The van der Waals surface area contributed by atoms with Crippen molar-refractivity contribution in [2.75, 3.05) is 19.7 Å². The Hall–Kier alpha value is -2.12. The number of hydrogen-bond donors (Lipinski definition) is 2. The number of nitrogens with zero attached hydrogens (tertiary/aromatic N) is 3. The molecule has 1 fully saturated rings. The van der Waals surface area contributed by atoms with Gasteiger partial charge in [0.05, 0.1) is 18.3 Å². The molecule has 8 heteroatoms. The van der Waals surface area contributed by atoms with Crippen molar-refractivity contribution in [1.82, 2.24) is 25.6 Å². The van der Waals surface area contributed by atoms with E-state index in [1.807, 2.05) is 42.8 Å². The van der Waals surface area contributed by atoms with E-state index < -0.39 is 0 Å². The van der Waals surface area contributed by atoms with Gasteiger partial charge >= 0.3 is 0 Å². The number of aryl methyl sites for hydroxylation is 1. The summed E-state index contributed by atoms with van der Waals surface area (Å²) in [5.74, 6) is 0.582. The van der Waals surface area contributed by atoms with Gasteiger partial charge in [-0.25, -0.2) is 4.68 Å². The van der Waals surface area contributed by atoms with Gasteiger partial charge in [0, 0.05) is 0 Å². The van der Waals surface area contributed by atoms with Gasteiger partial charge < -0.3 is 15.4 Å². The Kier molecular flexibility index (Phi) is 7.41. The highest BCUT2D eigenvalue weighted by atomic mass is 35.5. The molecule has 0 bridgehead atoms. The number of nitrogens with one attached hydrogen (secondary N) is 2. The molecule has 1 aromatic carbocycles. The Morgan fingerprint density at radius 2 is 2.19 bits per heavy atom. The number of aromatic nitrogens is 3. The first-order valence-electron chi connectivity index (χ1n) is 8.74. The average Bonchev–Trinajstić information content (AvgIpc) is 3.11. The summed E-state index contributed by atoms with van der Waals surface area (Å²) in [5.41, 5.74) is 1.49. The zero-order chi connectivity index (χ0) is 17.6. The van der Waals surface area contributed by atoms with Gasteiger partial charge in [-0.3, -0.25) is 4.79 Å². The predicted octanol–water partition coefficient (Wildman–Crippen LogP) is 2.13. The van der Waals surface area contributed by atoms with Crippen molar-refractivity contribution < 1.29 is 9.53 Å². The van der Waals surface area contributed by atoms with Crippen LogP contribution in [0.4, 0.5) is 0 Å². The first-order valence-corrected chi connectivity index (χ1v) is 8.74. The number of halogens is 1. The van der Waals surface area contributed by atoms with E-state index in [4.69, 9.17) is 4.74 Å². The van der Waals surface area contributed by atoms with Crippen LogP contribution < -0.4 is 15.4 Å². The van der Waals surface area contributed by atoms with E-state index in [0.717, 1.165) is 37.2 Å². The minimum absolute atomic E-state index is 0. The molecule has 0 aliphatic carbocycles. The van der Waals surface area contributed by atoms with E-state index in [1.165, 1.54) is 0 Å². The summed E-state index contributed by atoms with van der Waals surface area (Å²) in [5, 5.41) is 14.4. The van der Waals surface area contributed by atoms with Crippen LogP contribution in [0, 0.1) is 6.92 Å². The zero-order valence-corrected chi connectivity index (χ0v) is 16.0. The molecule has 26 heavy (non-hydrogen) atoms. The topological polar surface area (TPSA) is 81.1 Å². The van der Waals surface area contributed by atoms with E-state index in [2.05, 4.69) is 20.9 Å². The number of carbonyl (C=O) groups excluding carboxylic acids is 1. The number of hydrogen-bond acceptors (Lipinski definition) is 5. The highest BCUT2D eigenvalue weighted by molar-refractivity contribution is 5.92. The van der Waals surface area contributed by atoms with Gasteiger partial charge in [0.25, 0.3) is 5.91 Å². The Bertz CT molecular complexity index is 715. The Labute approximate surface area is 159 Å². The van der Waals surface area contributed by atoms with Gasteiger partial charge in [-0.1, -0.05) is 17.3 Å². The molecule has 1 saturated heterocycles. The van der Waals surface area contributed by atoms with Crippen molar-refractivity contribution in [2.45, 2.75) is 38.8 Å². The summed E-state index contributed by atoms with van der Waals surface area (Å²) >= 11 is 0. The quantitative estimate of drug-likeness (QED) is 0.803. The summed E-state index contributed by atoms with van der Waals surface area (Å²) in [7, 11) is 0. The first-order chi connectivity index (χ1) is 12.1. The molecule has 2 aromatic rings. The lowest BCUT2D eigenvalue weighted by Gasteiger charge is -2.22. The number of benzene rings is 1. The summed E-state index contributed by atoms with van der Waals surface area (Å²) < 4.78 is 7.53. The fraction of sp³-hybridized carbons (Fsp3) is 0.500. The summed E-state index contributed by atoms with van der Waals surface area (Å²) in [6, 6.07) is 8.04. The Morgan fingerprint density at radius 3 is 2.92 bits per heavy atom. The lowest BCUT2D eigenvalue weighted by Crippen LogP contribution is -2.37. The molecule has 1 aliphatic heterocycles. The molecule has 2 heterocycles. The SMILES string of the molecule is Cc1cccc(OCC(C)NC(=O)c2cn(C3CCNCC3)nn2)c1.Cl. The fourth-order valence-corrected chi connectivity index (χ4v) is 2.90. The molecule has 1 unspecified atom stereocenters. The highest BCUT2D eigenvalue weighted by Crippen LogP contribution is 2.17. The maximum atomic E-state index is 12.3. The highest BCUT2D eigenvalue weighted by Gasteiger charge is 2.19. The molecule has 7 nitrogen and oxygen atoms in total. The van der Waals surface area contributed by atoms with Gasteiger partial charge in [0.1, 0.15) is 12.4 Å². The molecular formula is C18H26ClN5O2. The van der Waals surface area contributed by atoms with Crippen molar-refractivity contribution in [3.8, 4) is 5.75 Å². The second-order valence-corrected chi connectivity index (χ2v) is 6.57. The van der Waals surface area contributed by atoms with Crippen LogP contribution in [0.1, 0.15) is 41.9 Å². The average molecular weight is 380 g/mol. The molecule has 142 valence electrons. The van der Waals surface area contributed by atoms with Crippen molar-refractivity contribution in [3.05, 3.63) is 41.7 Å². The largest absolute Gasteiger partial charge is 0.491 e. The van der Waals surface area contributed by atoms with Crippen LogP contribution in [-0.2, 0) is 0 Å². The second kappa shape index (κ2) is 9.54. The molecule has 0 spiro atoms. The van der Waals surface area contributed by atoms with Crippen molar-refractivity contribution in [2.24, 2.45) is 0 Å². The van der Waals surface area contributed by atoms with Crippen LogP contribution in [0.3, 0.4) is 0 Å². The monoisotopic (exact) mass is 379 g/mol. The van der Waals surface area contributed by atoms with Gasteiger partial charge in [0.15, 0.2) is 5.69 Å². The van der Waals surface area contributed by atoms with E-state index in [9.17, 15) is 4.79 Å².